The predicted octanol–water partition coefficient (Wildman–Crippen LogP) is 4.02. The fraction of sp³-hybridized carbons (Fsp3) is 0.500. The second-order valence-electron chi connectivity index (χ2n) is 9.70. The number of nitrogens with zero attached hydrogens (tertiary/aromatic N) is 1. The van der Waals surface area contributed by atoms with Crippen molar-refractivity contribution in [1.82, 2.24) is 4.90 Å². The number of hydrogen-bond donors (Lipinski definition) is 2. The Morgan fingerprint density at radius 3 is 1.94 bits per heavy atom. The summed E-state index contributed by atoms with van der Waals surface area (Å²) in [5.74, 6) is 2.06. The van der Waals surface area contributed by atoms with Crippen molar-refractivity contribution in [3.05, 3.63) is 54.1 Å². The van der Waals surface area contributed by atoms with Crippen LogP contribution in [-0.4, -0.2) is 32.3 Å². The molecule has 2 fully saturated rings. The van der Waals surface area contributed by atoms with Crippen molar-refractivity contribution in [2.45, 2.75) is 56.4 Å². The Morgan fingerprint density at radius 2 is 1.41 bits per heavy atom. The molecule has 1 atom stereocenters. The van der Waals surface area contributed by atoms with Gasteiger partial charge in [-0.1, -0.05) is 31.4 Å². The van der Waals surface area contributed by atoms with E-state index in [4.69, 9.17) is 15.6 Å². The van der Waals surface area contributed by atoms with E-state index in [2.05, 4.69) is 4.90 Å². The molecule has 1 saturated heterocycles. The molecular weight excluding hydrogens is 450 g/mol. The minimum Gasteiger partial charge on any atom is -0.457 e. The molecule has 2 aromatic rings. The number of primary sulfonamides is 1. The Balaban J connectivity index is 1.28. The lowest BCUT2D eigenvalue weighted by atomic mass is 9.71. The van der Waals surface area contributed by atoms with Gasteiger partial charge in [0.15, 0.2) is 0 Å². The summed E-state index contributed by atoms with van der Waals surface area (Å²) in [6.07, 6.45) is 8.10. The van der Waals surface area contributed by atoms with E-state index in [1.807, 2.05) is 24.3 Å². The normalized spacial score (nSPS) is 19.6. The van der Waals surface area contributed by atoms with Crippen molar-refractivity contribution < 1.29 is 17.9 Å². The van der Waals surface area contributed by atoms with Crippen molar-refractivity contribution in [3.63, 3.8) is 0 Å². The van der Waals surface area contributed by atoms with Gasteiger partial charge in [-0.3, -0.25) is 9.69 Å². The first kappa shape index (κ1) is 24.7. The van der Waals surface area contributed by atoms with Crippen LogP contribution in [0, 0.1) is 17.8 Å². The molecule has 4 N–H and O–H groups in total. The van der Waals surface area contributed by atoms with Crippen LogP contribution in [0.3, 0.4) is 0 Å². The molecule has 34 heavy (non-hydrogen) atoms. The molecule has 1 aliphatic heterocycles. The van der Waals surface area contributed by atoms with Gasteiger partial charge < -0.3 is 10.5 Å². The zero-order chi connectivity index (χ0) is 24.1. The standard InChI is InChI=1S/C26H35N3O4S/c27-26(30)25(20-4-2-1-3-5-20)21-14-16-29(17-15-21)18-19-6-8-22(9-7-19)33-23-10-12-24(13-11-23)34(28,31)32/h6-13,20-21,25H,1-5,14-18H2,(H2,27,30)(H2,28,31,32). The van der Waals surface area contributed by atoms with Gasteiger partial charge in [0.2, 0.25) is 15.9 Å². The lowest BCUT2D eigenvalue weighted by Crippen LogP contribution is -2.42. The van der Waals surface area contributed by atoms with Crippen LogP contribution in [0.15, 0.2) is 53.4 Å². The number of sulfonamides is 1. The van der Waals surface area contributed by atoms with E-state index < -0.39 is 10.0 Å². The van der Waals surface area contributed by atoms with Crippen molar-refractivity contribution in [1.29, 1.82) is 0 Å². The minimum atomic E-state index is -3.71. The molecule has 0 bridgehead atoms. The summed E-state index contributed by atoms with van der Waals surface area (Å²) in [5, 5.41) is 5.13. The van der Waals surface area contributed by atoms with Gasteiger partial charge in [-0.05, 0) is 92.6 Å². The zero-order valence-corrected chi connectivity index (χ0v) is 20.4. The molecule has 2 aromatic carbocycles. The number of nitrogens with two attached hydrogens (primary N) is 2. The van der Waals surface area contributed by atoms with Crippen molar-refractivity contribution >= 4 is 15.9 Å². The van der Waals surface area contributed by atoms with Crippen LogP contribution in [0.4, 0.5) is 0 Å². The summed E-state index contributed by atoms with van der Waals surface area (Å²) in [4.78, 5) is 14.8. The Bertz CT molecular complexity index is 1060. The van der Waals surface area contributed by atoms with E-state index in [0.717, 1.165) is 45.3 Å². The molecule has 1 unspecified atom stereocenters. The monoisotopic (exact) mass is 485 g/mol. The van der Waals surface area contributed by atoms with Crippen LogP contribution >= 0.6 is 0 Å². The van der Waals surface area contributed by atoms with Crippen LogP contribution in [0.25, 0.3) is 0 Å². The largest absolute Gasteiger partial charge is 0.457 e. The average Bonchev–Trinajstić information content (AvgIpc) is 2.82. The fourth-order valence-corrected chi connectivity index (χ4v) is 6.08. The first-order valence-corrected chi connectivity index (χ1v) is 13.8. The molecule has 0 spiro atoms. The van der Waals surface area contributed by atoms with Crippen LogP contribution < -0.4 is 15.6 Å². The van der Waals surface area contributed by atoms with Crippen LogP contribution in [0.2, 0.25) is 0 Å². The van der Waals surface area contributed by atoms with Crippen LogP contribution in [-0.2, 0) is 21.4 Å². The van der Waals surface area contributed by atoms with Crippen LogP contribution in [0.5, 0.6) is 11.5 Å². The number of hydrogen-bond acceptors (Lipinski definition) is 5. The number of rotatable bonds is 8. The summed E-state index contributed by atoms with van der Waals surface area (Å²) in [6.45, 7) is 2.83. The summed E-state index contributed by atoms with van der Waals surface area (Å²) in [5.41, 5.74) is 7.06. The van der Waals surface area contributed by atoms with Gasteiger partial charge in [0.05, 0.1) is 4.90 Å². The van der Waals surface area contributed by atoms with Gasteiger partial charge in [-0.25, -0.2) is 13.6 Å². The maximum absolute atomic E-state index is 12.3. The first-order valence-electron chi connectivity index (χ1n) is 12.2. The average molecular weight is 486 g/mol. The minimum absolute atomic E-state index is 0.0397. The third-order valence-electron chi connectivity index (χ3n) is 7.34. The highest BCUT2D eigenvalue weighted by Crippen LogP contribution is 2.38. The van der Waals surface area contributed by atoms with Gasteiger partial charge in [0.1, 0.15) is 11.5 Å². The second-order valence-corrected chi connectivity index (χ2v) is 11.3. The number of amides is 1. The maximum Gasteiger partial charge on any atom is 0.238 e. The van der Waals surface area contributed by atoms with E-state index in [1.165, 1.54) is 37.0 Å². The number of carbonyl (C=O) groups excluding carboxylic acids is 1. The van der Waals surface area contributed by atoms with Crippen molar-refractivity contribution in [3.8, 4) is 11.5 Å². The SMILES string of the molecule is NC(=O)C(C1CCCCC1)C1CCN(Cc2ccc(Oc3ccc(S(N)(=O)=O)cc3)cc2)CC1. The fourth-order valence-electron chi connectivity index (χ4n) is 5.57. The Morgan fingerprint density at radius 1 is 0.882 bits per heavy atom. The maximum atomic E-state index is 12.3. The highest BCUT2D eigenvalue weighted by atomic mass is 32.2. The van der Waals surface area contributed by atoms with Crippen molar-refractivity contribution in [2.75, 3.05) is 13.1 Å². The summed E-state index contributed by atoms with van der Waals surface area (Å²) in [6, 6.07) is 14.0. The lowest BCUT2D eigenvalue weighted by Gasteiger charge is -2.39. The summed E-state index contributed by atoms with van der Waals surface area (Å²) < 4.78 is 28.6. The van der Waals surface area contributed by atoms with Crippen LogP contribution in [0.1, 0.15) is 50.5 Å². The molecule has 1 heterocycles. The van der Waals surface area contributed by atoms with E-state index >= 15 is 0 Å². The number of carbonyl (C=O) groups is 1. The topological polar surface area (TPSA) is 116 Å². The highest BCUT2D eigenvalue weighted by Gasteiger charge is 2.36. The zero-order valence-electron chi connectivity index (χ0n) is 19.6. The highest BCUT2D eigenvalue weighted by molar-refractivity contribution is 7.89. The van der Waals surface area contributed by atoms with E-state index in [-0.39, 0.29) is 16.7 Å². The molecule has 2 aliphatic rings. The summed E-state index contributed by atoms with van der Waals surface area (Å²) >= 11 is 0. The Labute approximate surface area is 202 Å². The number of ether oxygens (including phenoxy) is 1. The van der Waals surface area contributed by atoms with Gasteiger partial charge in [0.25, 0.3) is 0 Å². The molecule has 0 aromatic heterocycles. The number of benzene rings is 2. The lowest BCUT2D eigenvalue weighted by molar-refractivity contribution is -0.126. The first-order chi connectivity index (χ1) is 16.3. The van der Waals surface area contributed by atoms with E-state index in [9.17, 15) is 13.2 Å². The van der Waals surface area contributed by atoms with Gasteiger partial charge >= 0.3 is 0 Å². The molecule has 1 amide bonds. The Hall–Kier alpha value is -2.42. The summed E-state index contributed by atoms with van der Waals surface area (Å²) in [7, 11) is -3.71. The molecule has 1 aliphatic carbocycles. The molecule has 1 saturated carbocycles. The molecular formula is C26H35N3O4S. The molecule has 7 nitrogen and oxygen atoms in total. The smallest absolute Gasteiger partial charge is 0.238 e. The second kappa shape index (κ2) is 10.9. The number of primary amides is 1. The molecule has 0 radical (unpaired) electrons. The third-order valence-corrected chi connectivity index (χ3v) is 8.27. The quantitative estimate of drug-likeness (QED) is 0.586. The molecule has 4 rings (SSSR count). The van der Waals surface area contributed by atoms with Crippen molar-refractivity contribution in [2.24, 2.45) is 28.6 Å². The predicted molar refractivity (Wildman–Crippen MR) is 132 cm³/mol. The van der Waals surface area contributed by atoms with Gasteiger partial charge in [0, 0.05) is 12.5 Å². The van der Waals surface area contributed by atoms with Gasteiger partial charge in [-0.2, -0.15) is 0 Å². The van der Waals surface area contributed by atoms with E-state index in [1.54, 1.807) is 12.1 Å². The number of piperidine rings is 1. The molecule has 8 heteroatoms. The Kier molecular flexibility index (Phi) is 7.91. The molecule has 184 valence electrons. The van der Waals surface area contributed by atoms with Gasteiger partial charge in [-0.15, -0.1) is 0 Å². The van der Waals surface area contributed by atoms with E-state index in [0.29, 0.717) is 23.3 Å². The third kappa shape index (κ3) is 6.37. The number of likely N-dealkylation sites (tertiary alicyclic amines) is 1.